The summed E-state index contributed by atoms with van der Waals surface area (Å²) >= 11 is 0. The normalized spacial score (nSPS) is 12.0. The van der Waals surface area contributed by atoms with Crippen molar-refractivity contribution in [1.29, 1.82) is 0 Å². The Morgan fingerprint density at radius 2 is 2.21 bits per heavy atom. The Morgan fingerprint density at radius 3 is 2.71 bits per heavy atom. The van der Waals surface area contributed by atoms with Gasteiger partial charge in [-0.05, 0) is 6.92 Å². The number of hydrogen-bond acceptors (Lipinski definition) is 3. The van der Waals surface area contributed by atoms with Gasteiger partial charge in [0, 0.05) is 6.54 Å². The lowest BCUT2D eigenvalue weighted by Crippen LogP contribution is -2.21. The maximum absolute atomic E-state index is 11.7. The van der Waals surface area contributed by atoms with Crippen molar-refractivity contribution in [3.05, 3.63) is 17.8 Å². The van der Waals surface area contributed by atoms with Crippen LogP contribution in [0, 0.1) is 6.92 Å². The third-order valence-corrected chi connectivity index (χ3v) is 1.53. The molecule has 0 aliphatic carbocycles. The van der Waals surface area contributed by atoms with E-state index in [1.54, 1.807) is 6.92 Å². The summed E-state index contributed by atoms with van der Waals surface area (Å²) in [6, 6.07) is 0. The zero-order chi connectivity index (χ0) is 10.6. The monoisotopic (exact) mass is 208 g/mol. The fourth-order valence-corrected chi connectivity index (χ4v) is 0.909. The van der Waals surface area contributed by atoms with Crippen molar-refractivity contribution in [3.8, 4) is 0 Å². The number of halogens is 3. The molecule has 80 valence electrons. The number of oxazole rings is 1. The van der Waals surface area contributed by atoms with Gasteiger partial charge in [0.15, 0.2) is 0 Å². The van der Waals surface area contributed by atoms with Crippen LogP contribution in [-0.2, 0) is 6.54 Å². The number of nitrogens with zero attached hydrogens (tertiary/aromatic N) is 1. The Kier molecular flexibility index (Phi) is 3.51. The molecule has 0 bridgehead atoms. The molecule has 1 aromatic heterocycles. The van der Waals surface area contributed by atoms with Crippen LogP contribution in [0.3, 0.4) is 0 Å². The molecule has 1 rings (SSSR count). The third kappa shape index (κ3) is 4.27. The van der Waals surface area contributed by atoms with Gasteiger partial charge < -0.3 is 9.73 Å². The first-order valence-corrected chi connectivity index (χ1v) is 4.16. The first-order valence-electron chi connectivity index (χ1n) is 4.16. The summed E-state index contributed by atoms with van der Waals surface area (Å²) in [5.41, 5.74) is 0. The molecule has 0 saturated heterocycles. The maximum Gasteiger partial charge on any atom is 0.390 e. The lowest BCUT2D eigenvalue weighted by molar-refractivity contribution is -0.133. The van der Waals surface area contributed by atoms with E-state index in [-0.39, 0.29) is 13.1 Å². The van der Waals surface area contributed by atoms with Gasteiger partial charge in [0.05, 0.1) is 19.2 Å². The molecule has 0 aromatic carbocycles. The standard InChI is InChI=1S/C8H11F3N2O/c1-6-4-13-7(14-6)5-12-3-2-8(9,10)11/h4,12H,2-3,5H2,1H3. The van der Waals surface area contributed by atoms with E-state index in [9.17, 15) is 13.2 Å². The van der Waals surface area contributed by atoms with Crippen LogP contribution in [0.4, 0.5) is 13.2 Å². The molecule has 0 aliphatic rings. The average Bonchev–Trinajstić information content (AvgIpc) is 2.44. The van der Waals surface area contributed by atoms with E-state index >= 15 is 0 Å². The van der Waals surface area contributed by atoms with Crippen LogP contribution in [0.1, 0.15) is 18.1 Å². The molecule has 6 heteroatoms. The van der Waals surface area contributed by atoms with E-state index in [1.165, 1.54) is 6.20 Å². The molecule has 0 saturated carbocycles. The van der Waals surface area contributed by atoms with E-state index in [0.717, 1.165) is 0 Å². The number of aromatic nitrogens is 1. The molecule has 0 radical (unpaired) electrons. The number of alkyl halides is 3. The molecule has 0 spiro atoms. The summed E-state index contributed by atoms with van der Waals surface area (Å²) in [5.74, 6) is 1.06. The second kappa shape index (κ2) is 4.45. The summed E-state index contributed by atoms with van der Waals surface area (Å²) in [5, 5.41) is 2.60. The van der Waals surface area contributed by atoms with Gasteiger partial charge in [0.25, 0.3) is 0 Å². The van der Waals surface area contributed by atoms with E-state index in [2.05, 4.69) is 10.3 Å². The van der Waals surface area contributed by atoms with Crippen molar-refractivity contribution < 1.29 is 17.6 Å². The Bertz CT molecular complexity index is 282. The first-order chi connectivity index (χ1) is 6.47. The lowest BCUT2D eigenvalue weighted by atomic mass is 10.4. The predicted octanol–water partition coefficient (Wildman–Crippen LogP) is 2.03. The van der Waals surface area contributed by atoms with Crippen LogP contribution < -0.4 is 5.32 Å². The summed E-state index contributed by atoms with van der Waals surface area (Å²) in [6.45, 7) is 1.83. The second-order valence-corrected chi connectivity index (χ2v) is 2.91. The molecule has 0 aliphatic heterocycles. The minimum atomic E-state index is -4.11. The molecule has 3 nitrogen and oxygen atoms in total. The minimum absolute atomic E-state index is 0.120. The largest absolute Gasteiger partial charge is 0.445 e. The molecule has 0 fully saturated rings. The Morgan fingerprint density at radius 1 is 1.50 bits per heavy atom. The molecule has 1 aromatic rings. The molecule has 0 amide bonds. The minimum Gasteiger partial charge on any atom is -0.445 e. The van der Waals surface area contributed by atoms with Crippen molar-refractivity contribution in [2.45, 2.75) is 26.1 Å². The Balaban J connectivity index is 2.16. The summed E-state index contributed by atoms with van der Waals surface area (Å²) < 4.78 is 40.2. The van der Waals surface area contributed by atoms with Crippen molar-refractivity contribution >= 4 is 0 Å². The molecule has 0 unspecified atom stereocenters. The van der Waals surface area contributed by atoms with Gasteiger partial charge in [0.1, 0.15) is 5.76 Å². The van der Waals surface area contributed by atoms with Crippen molar-refractivity contribution in [2.75, 3.05) is 6.54 Å². The van der Waals surface area contributed by atoms with Gasteiger partial charge in [-0.15, -0.1) is 0 Å². The molecule has 1 N–H and O–H groups in total. The highest BCUT2D eigenvalue weighted by atomic mass is 19.4. The predicted molar refractivity (Wildman–Crippen MR) is 43.6 cm³/mol. The molecule has 1 heterocycles. The average molecular weight is 208 g/mol. The fraction of sp³-hybridized carbons (Fsp3) is 0.625. The number of aryl methyl sites for hydroxylation is 1. The molecule has 14 heavy (non-hydrogen) atoms. The van der Waals surface area contributed by atoms with E-state index in [1.807, 2.05) is 0 Å². The van der Waals surface area contributed by atoms with Crippen LogP contribution in [0.25, 0.3) is 0 Å². The summed E-state index contributed by atoms with van der Waals surface area (Å²) in [7, 11) is 0. The summed E-state index contributed by atoms with van der Waals surface area (Å²) in [6.07, 6.45) is -3.42. The van der Waals surface area contributed by atoms with E-state index in [0.29, 0.717) is 11.7 Å². The van der Waals surface area contributed by atoms with Crippen LogP contribution >= 0.6 is 0 Å². The highest BCUT2D eigenvalue weighted by Gasteiger charge is 2.25. The maximum atomic E-state index is 11.7. The van der Waals surface area contributed by atoms with Crippen molar-refractivity contribution in [3.63, 3.8) is 0 Å². The summed E-state index contributed by atoms with van der Waals surface area (Å²) in [4.78, 5) is 3.84. The zero-order valence-electron chi connectivity index (χ0n) is 7.69. The Hall–Kier alpha value is -1.04. The van der Waals surface area contributed by atoms with Crippen LogP contribution in [0.15, 0.2) is 10.6 Å². The molecule has 0 atom stereocenters. The topological polar surface area (TPSA) is 38.1 Å². The number of hydrogen-bond donors (Lipinski definition) is 1. The van der Waals surface area contributed by atoms with Crippen LogP contribution in [-0.4, -0.2) is 17.7 Å². The van der Waals surface area contributed by atoms with E-state index in [4.69, 9.17) is 4.42 Å². The van der Waals surface area contributed by atoms with Crippen LogP contribution in [0.2, 0.25) is 0 Å². The highest BCUT2D eigenvalue weighted by Crippen LogP contribution is 2.18. The molecular weight excluding hydrogens is 197 g/mol. The highest BCUT2D eigenvalue weighted by molar-refractivity contribution is 4.90. The molecular formula is C8H11F3N2O. The number of nitrogens with one attached hydrogen (secondary N) is 1. The van der Waals surface area contributed by atoms with Gasteiger partial charge in [0.2, 0.25) is 5.89 Å². The number of rotatable bonds is 4. The lowest BCUT2D eigenvalue weighted by Gasteiger charge is -2.05. The van der Waals surface area contributed by atoms with E-state index < -0.39 is 12.6 Å². The van der Waals surface area contributed by atoms with Gasteiger partial charge in [-0.3, -0.25) is 0 Å². The zero-order valence-corrected chi connectivity index (χ0v) is 7.69. The van der Waals surface area contributed by atoms with Gasteiger partial charge in [-0.25, -0.2) is 4.98 Å². The second-order valence-electron chi connectivity index (χ2n) is 2.91. The fourth-order valence-electron chi connectivity index (χ4n) is 0.909. The quantitative estimate of drug-likeness (QED) is 0.769. The Labute approximate surface area is 79.3 Å². The third-order valence-electron chi connectivity index (χ3n) is 1.53. The first kappa shape index (κ1) is 11.0. The van der Waals surface area contributed by atoms with Gasteiger partial charge in [-0.1, -0.05) is 0 Å². The van der Waals surface area contributed by atoms with Gasteiger partial charge in [-0.2, -0.15) is 13.2 Å². The SMILES string of the molecule is Cc1cnc(CNCCC(F)(F)F)o1. The van der Waals surface area contributed by atoms with Crippen LogP contribution in [0.5, 0.6) is 0 Å². The smallest absolute Gasteiger partial charge is 0.390 e. The van der Waals surface area contributed by atoms with Gasteiger partial charge >= 0.3 is 6.18 Å². The van der Waals surface area contributed by atoms with Crippen molar-refractivity contribution in [2.24, 2.45) is 0 Å². The van der Waals surface area contributed by atoms with Crippen molar-refractivity contribution in [1.82, 2.24) is 10.3 Å².